The maximum atomic E-state index is 11.9. The third-order valence-corrected chi connectivity index (χ3v) is 5.49. The second kappa shape index (κ2) is 4.76. The molecule has 2 fully saturated rings. The molecule has 23 heavy (non-hydrogen) atoms. The highest BCUT2D eigenvalue weighted by Gasteiger charge is 2.58. The molecule has 5 atom stereocenters. The molecule has 0 bridgehead atoms. The van der Waals surface area contributed by atoms with Crippen molar-refractivity contribution < 1.29 is 15.3 Å². The number of nitrogens with two attached hydrogens (primary N) is 1. The van der Waals surface area contributed by atoms with Crippen molar-refractivity contribution in [1.29, 1.82) is 0 Å². The van der Waals surface area contributed by atoms with Crippen LogP contribution < -0.4 is 11.3 Å². The van der Waals surface area contributed by atoms with E-state index in [1.807, 2.05) is 0 Å². The summed E-state index contributed by atoms with van der Waals surface area (Å²) in [6, 6.07) is -0.517. The van der Waals surface area contributed by atoms with Crippen molar-refractivity contribution in [1.82, 2.24) is 19.5 Å². The standard InChI is InChI=1S/C14H19N5O4/c15-13-17-11-8(12(23)18-13)16-5-19(11)6-4-14(10(22)9(6)21)3-1-2-7(14)20/h5-7,9-10,20-22H,1-4H2,(H3,15,17,18,23)/t6-,7-,9+,10+,14-/m1/s1. The quantitative estimate of drug-likeness (QED) is 0.447. The Kier molecular flexibility index (Phi) is 3.03. The molecule has 9 heteroatoms. The number of anilines is 1. The lowest BCUT2D eigenvalue weighted by molar-refractivity contribution is -0.0693. The maximum Gasteiger partial charge on any atom is 0.280 e. The molecule has 2 saturated carbocycles. The molecular formula is C14H19N5O4. The molecule has 2 aliphatic rings. The fourth-order valence-electron chi connectivity index (χ4n) is 4.29. The molecule has 1 spiro atoms. The van der Waals surface area contributed by atoms with Gasteiger partial charge in [-0.3, -0.25) is 9.78 Å². The molecule has 124 valence electrons. The number of aromatic amines is 1. The minimum absolute atomic E-state index is 0.0344. The lowest BCUT2D eigenvalue weighted by Gasteiger charge is -2.31. The highest BCUT2D eigenvalue weighted by molar-refractivity contribution is 5.70. The maximum absolute atomic E-state index is 11.9. The van der Waals surface area contributed by atoms with E-state index in [9.17, 15) is 20.1 Å². The topological polar surface area (TPSA) is 150 Å². The summed E-state index contributed by atoms with van der Waals surface area (Å²) in [6.45, 7) is 0. The van der Waals surface area contributed by atoms with Crippen molar-refractivity contribution in [3.63, 3.8) is 0 Å². The number of rotatable bonds is 1. The van der Waals surface area contributed by atoms with Crippen LogP contribution in [-0.2, 0) is 0 Å². The minimum atomic E-state index is -1.07. The number of nitrogen functional groups attached to an aromatic ring is 1. The first-order valence-corrected chi connectivity index (χ1v) is 7.70. The molecule has 0 aromatic carbocycles. The van der Waals surface area contributed by atoms with E-state index in [1.54, 1.807) is 4.57 Å². The Hall–Kier alpha value is -1.97. The Morgan fingerprint density at radius 1 is 1.39 bits per heavy atom. The average Bonchev–Trinajstić information content (AvgIpc) is 3.14. The molecule has 9 nitrogen and oxygen atoms in total. The largest absolute Gasteiger partial charge is 0.392 e. The Balaban J connectivity index is 1.81. The van der Waals surface area contributed by atoms with Crippen molar-refractivity contribution in [2.24, 2.45) is 5.41 Å². The number of aliphatic hydroxyl groups excluding tert-OH is 3. The minimum Gasteiger partial charge on any atom is -0.392 e. The molecule has 4 rings (SSSR count). The molecule has 2 heterocycles. The second-order valence-corrected chi connectivity index (χ2v) is 6.62. The zero-order valence-corrected chi connectivity index (χ0v) is 12.4. The summed E-state index contributed by atoms with van der Waals surface area (Å²) < 4.78 is 1.58. The van der Waals surface area contributed by atoms with Crippen molar-refractivity contribution in [3.05, 3.63) is 16.7 Å². The van der Waals surface area contributed by atoms with Crippen LogP contribution in [0.4, 0.5) is 5.95 Å². The average molecular weight is 321 g/mol. The predicted octanol–water partition coefficient (Wildman–Crippen LogP) is -1.10. The summed E-state index contributed by atoms with van der Waals surface area (Å²) in [7, 11) is 0. The van der Waals surface area contributed by atoms with Crippen LogP contribution in [0.5, 0.6) is 0 Å². The van der Waals surface area contributed by atoms with Crippen molar-refractivity contribution in [2.45, 2.75) is 50.0 Å². The van der Waals surface area contributed by atoms with Gasteiger partial charge in [0.1, 0.15) is 6.10 Å². The number of imidazole rings is 1. The van der Waals surface area contributed by atoms with Crippen LogP contribution >= 0.6 is 0 Å². The third kappa shape index (κ3) is 1.87. The van der Waals surface area contributed by atoms with Gasteiger partial charge in [0.2, 0.25) is 5.95 Å². The number of aromatic nitrogens is 4. The SMILES string of the molecule is Nc1nc2c(ncn2[C@@H]2C[C@@]3(CCC[C@H]3O)[C@@H](O)[C@H]2O)c(=O)[nH]1. The van der Waals surface area contributed by atoms with Crippen molar-refractivity contribution >= 4 is 17.1 Å². The number of nitrogens with one attached hydrogen (secondary N) is 1. The van der Waals surface area contributed by atoms with E-state index in [0.717, 1.165) is 6.42 Å². The molecule has 0 aliphatic heterocycles. The van der Waals surface area contributed by atoms with Gasteiger partial charge in [-0.25, -0.2) is 4.98 Å². The van der Waals surface area contributed by atoms with Crippen LogP contribution in [0.15, 0.2) is 11.1 Å². The molecule has 2 aromatic heterocycles. The van der Waals surface area contributed by atoms with E-state index in [1.165, 1.54) is 6.33 Å². The number of H-pyrrole nitrogens is 1. The number of hydrogen-bond acceptors (Lipinski definition) is 7. The monoisotopic (exact) mass is 321 g/mol. The molecule has 0 saturated heterocycles. The van der Waals surface area contributed by atoms with Crippen LogP contribution in [-0.4, -0.2) is 53.2 Å². The van der Waals surface area contributed by atoms with E-state index >= 15 is 0 Å². The van der Waals surface area contributed by atoms with Crippen LogP contribution in [0.1, 0.15) is 31.7 Å². The smallest absolute Gasteiger partial charge is 0.280 e. The fraction of sp³-hybridized carbons (Fsp3) is 0.643. The van der Waals surface area contributed by atoms with Gasteiger partial charge in [-0.15, -0.1) is 0 Å². The number of hydrogen-bond donors (Lipinski definition) is 5. The first-order chi connectivity index (χ1) is 10.9. The molecule has 0 radical (unpaired) electrons. The fourth-order valence-corrected chi connectivity index (χ4v) is 4.29. The summed E-state index contributed by atoms with van der Waals surface area (Å²) in [4.78, 5) is 22.4. The third-order valence-electron chi connectivity index (χ3n) is 5.49. The summed E-state index contributed by atoms with van der Waals surface area (Å²) in [5.41, 5.74) is 4.83. The van der Waals surface area contributed by atoms with E-state index in [-0.39, 0.29) is 17.1 Å². The molecule has 2 aromatic rings. The molecule has 2 aliphatic carbocycles. The van der Waals surface area contributed by atoms with E-state index in [4.69, 9.17) is 5.73 Å². The van der Waals surface area contributed by atoms with Crippen molar-refractivity contribution in [3.8, 4) is 0 Å². The Morgan fingerprint density at radius 2 is 2.17 bits per heavy atom. The second-order valence-electron chi connectivity index (χ2n) is 6.62. The van der Waals surface area contributed by atoms with Gasteiger partial charge in [0.15, 0.2) is 11.2 Å². The van der Waals surface area contributed by atoms with Crippen LogP contribution in [0, 0.1) is 5.41 Å². The molecular weight excluding hydrogens is 302 g/mol. The van der Waals surface area contributed by atoms with Gasteiger partial charge in [0, 0.05) is 5.41 Å². The van der Waals surface area contributed by atoms with Gasteiger partial charge in [0.25, 0.3) is 5.56 Å². The number of nitrogens with zero attached hydrogens (tertiary/aromatic N) is 3. The van der Waals surface area contributed by atoms with Crippen LogP contribution in [0.25, 0.3) is 11.2 Å². The van der Waals surface area contributed by atoms with E-state index in [2.05, 4.69) is 15.0 Å². The number of fused-ring (bicyclic) bond motifs is 1. The molecule has 0 amide bonds. The first-order valence-electron chi connectivity index (χ1n) is 7.70. The highest BCUT2D eigenvalue weighted by Crippen LogP contribution is 2.54. The molecule has 0 unspecified atom stereocenters. The lowest BCUT2D eigenvalue weighted by Crippen LogP contribution is -2.41. The van der Waals surface area contributed by atoms with Gasteiger partial charge in [-0.05, 0) is 19.3 Å². The Bertz CT molecular complexity index is 817. The van der Waals surface area contributed by atoms with E-state index in [0.29, 0.717) is 19.3 Å². The Morgan fingerprint density at radius 3 is 2.87 bits per heavy atom. The summed E-state index contributed by atoms with van der Waals surface area (Å²) in [5, 5.41) is 31.3. The van der Waals surface area contributed by atoms with Crippen molar-refractivity contribution in [2.75, 3.05) is 5.73 Å². The predicted molar refractivity (Wildman–Crippen MR) is 80.5 cm³/mol. The molecule has 6 N–H and O–H groups in total. The normalized spacial score (nSPS) is 37.2. The highest BCUT2D eigenvalue weighted by atomic mass is 16.3. The summed E-state index contributed by atoms with van der Waals surface area (Å²) in [6.07, 6.45) is 1.17. The zero-order chi connectivity index (χ0) is 16.4. The van der Waals surface area contributed by atoms with Gasteiger partial charge in [0.05, 0.1) is 24.6 Å². The first kappa shape index (κ1) is 14.6. The van der Waals surface area contributed by atoms with Gasteiger partial charge in [-0.1, -0.05) is 6.42 Å². The lowest BCUT2D eigenvalue weighted by atomic mass is 9.80. The van der Waals surface area contributed by atoms with Crippen LogP contribution in [0.2, 0.25) is 0 Å². The van der Waals surface area contributed by atoms with Crippen LogP contribution in [0.3, 0.4) is 0 Å². The Labute approximate surface area is 130 Å². The van der Waals surface area contributed by atoms with Gasteiger partial charge >= 0.3 is 0 Å². The van der Waals surface area contributed by atoms with E-state index < -0.39 is 35.3 Å². The van der Waals surface area contributed by atoms with Gasteiger partial charge < -0.3 is 25.6 Å². The van der Waals surface area contributed by atoms with Gasteiger partial charge in [-0.2, -0.15) is 4.98 Å². The zero-order valence-electron chi connectivity index (χ0n) is 12.4. The number of aliphatic hydroxyl groups is 3. The summed E-state index contributed by atoms with van der Waals surface area (Å²) >= 11 is 0. The summed E-state index contributed by atoms with van der Waals surface area (Å²) in [5.74, 6) is -0.0344.